The maximum Gasteiger partial charge on any atom is 0.129 e. The third-order valence-electron chi connectivity index (χ3n) is 2.81. The van der Waals surface area contributed by atoms with Gasteiger partial charge < -0.3 is 5.73 Å². The molecule has 2 aromatic rings. The first-order valence-electron chi connectivity index (χ1n) is 5.62. The van der Waals surface area contributed by atoms with Crippen molar-refractivity contribution < 1.29 is 4.39 Å². The number of nitrogens with two attached hydrogens (primary N) is 1. The monoisotopic (exact) mass is 405 g/mol. The predicted molar refractivity (Wildman–Crippen MR) is 83.9 cm³/mol. The molecule has 0 spiro atoms. The second-order valence-corrected chi connectivity index (χ2v) is 6.40. The van der Waals surface area contributed by atoms with Crippen LogP contribution in [0.4, 0.5) is 4.39 Å². The van der Waals surface area contributed by atoms with E-state index in [2.05, 4.69) is 31.9 Å². The summed E-state index contributed by atoms with van der Waals surface area (Å²) in [5.74, 6) is -0.346. The number of benzene rings is 2. The van der Waals surface area contributed by atoms with Gasteiger partial charge in [0.2, 0.25) is 0 Å². The third-order valence-corrected chi connectivity index (χ3v) is 4.53. The van der Waals surface area contributed by atoms with Crippen molar-refractivity contribution in [2.45, 2.75) is 12.5 Å². The Morgan fingerprint density at radius 1 is 1.16 bits per heavy atom. The predicted octanol–water partition coefficient (Wildman–Crippen LogP) is 5.25. The molecule has 0 aliphatic rings. The molecule has 0 heterocycles. The first kappa shape index (κ1) is 15.0. The summed E-state index contributed by atoms with van der Waals surface area (Å²) >= 11 is 12.5. The fourth-order valence-electron chi connectivity index (χ4n) is 1.81. The Bertz CT molecular complexity index is 587. The van der Waals surface area contributed by atoms with E-state index in [0.29, 0.717) is 21.5 Å². The average molecular weight is 408 g/mol. The summed E-state index contributed by atoms with van der Waals surface area (Å²) < 4.78 is 15.4. The molecule has 1 nitrogen and oxygen atoms in total. The second-order valence-electron chi connectivity index (χ2n) is 4.22. The molecule has 0 aliphatic heterocycles. The van der Waals surface area contributed by atoms with Crippen LogP contribution < -0.4 is 5.73 Å². The molecule has 0 amide bonds. The Balaban J connectivity index is 2.22. The molecule has 1 unspecified atom stereocenters. The standard InChI is InChI=1S/C14H11Br2ClFN/c15-9-3-1-8(2-4-9)5-14(19)10-6-12(17)11(16)7-13(10)18/h1-4,6-7,14H,5,19H2. The topological polar surface area (TPSA) is 26.0 Å². The highest BCUT2D eigenvalue weighted by molar-refractivity contribution is 9.10. The second kappa shape index (κ2) is 6.35. The van der Waals surface area contributed by atoms with E-state index in [1.807, 2.05) is 24.3 Å². The van der Waals surface area contributed by atoms with Crippen molar-refractivity contribution in [3.8, 4) is 0 Å². The summed E-state index contributed by atoms with van der Waals surface area (Å²) in [4.78, 5) is 0. The van der Waals surface area contributed by atoms with Crippen molar-refractivity contribution in [3.05, 3.63) is 67.3 Å². The average Bonchev–Trinajstić information content (AvgIpc) is 2.36. The van der Waals surface area contributed by atoms with Crippen molar-refractivity contribution in [3.63, 3.8) is 0 Å². The van der Waals surface area contributed by atoms with Crippen LogP contribution >= 0.6 is 43.5 Å². The normalized spacial score (nSPS) is 12.5. The van der Waals surface area contributed by atoms with E-state index in [1.54, 1.807) is 6.07 Å². The SMILES string of the molecule is NC(Cc1ccc(Br)cc1)c1cc(Cl)c(Br)cc1F. The minimum atomic E-state index is -0.424. The fourth-order valence-corrected chi connectivity index (χ4v) is 2.56. The van der Waals surface area contributed by atoms with Gasteiger partial charge in [-0.05, 0) is 52.2 Å². The van der Waals surface area contributed by atoms with E-state index >= 15 is 0 Å². The number of hydrogen-bond donors (Lipinski definition) is 1. The van der Waals surface area contributed by atoms with Gasteiger partial charge in [0, 0.05) is 20.6 Å². The van der Waals surface area contributed by atoms with E-state index < -0.39 is 6.04 Å². The Morgan fingerprint density at radius 2 is 1.79 bits per heavy atom. The van der Waals surface area contributed by atoms with Crippen molar-refractivity contribution in [2.24, 2.45) is 5.73 Å². The summed E-state index contributed by atoms with van der Waals surface area (Å²) in [5, 5.41) is 0.461. The third kappa shape index (κ3) is 3.78. The zero-order valence-corrected chi connectivity index (χ0v) is 13.8. The smallest absolute Gasteiger partial charge is 0.129 e. The summed E-state index contributed by atoms with van der Waals surface area (Å²) in [6, 6.07) is 10.3. The van der Waals surface area contributed by atoms with Gasteiger partial charge in [-0.2, -0.15) is 0 Å². The highest BCUT2D eigenvalue weighted by atomic mass is 79.9. The van der Waals surface area contributed by atoms with Crippen LogP contribution in [0.3, 0.4) is 0 Å². The van der Waals surface area contributed by atoms with Crippen LogP contribution in [0, 0.1) is 5.82 Å². The van der Waals surface area contributed by atoms with Crippen LogP contribution in [0.15, 0.2) is 45.3 Å². The largest absolute Gasteiger partial charge is 0.324 e. The Kier molecular flexibility index (Phi) is 5.01. The van der Waals surface area contributed by atoms with Gasteiger partial charge in [0.15, 0.2) is 0 Å². The molecular weight excluding hydrogens is 396 g/mol. The zero-order chi connectivity index (χ0) is 14.0. The Labute approximate surface area is 133 Å². The van der Waals surface area contributed by atoms with Crippen molar-refractivity contribution in [1.82, 2.24) is 0 Å². The molecule has 2 rings (SSSR count). The summed E-state index contributed by atoms with van der Waals surface area (Å²) in [7, 11) is 0. The molecule has 0 aliphatic carbocycles. The van der Waals surface area contributed by atoms with Gasteiger partial charge in [0.1, 0.15) is 5.82 Å². The molecule has 0 bridgehead atoms. The molecular formula is C14H11Br2ClFN. The molecule has 0 fully saturated rings. The van der Waals surface area contributed by atoms with E-state index in [9.17, 15) is 4.39 Å². The van der Waals surface area contributed by atoms with Crippen LogP contribution in [-0.2, 0) is 6.42 Å². The van der Waals surface area contributed by atoms with Gasteiger partial charge in [-0.1, -0.05) is 39.7 Å². The fraction of sp³-hybridized carbons (Fsp3) is 0.143. The van der Waals surface area contributed by atoms with Gasteiger partial charge in [-0.15, -0.1) is 0 Å². The maximum absolute atomic E-state index is 13.9. The lowest BCUT2D eigenvalue weighted by Crippen LogP contribution is -2.15. The van der Waals surface area contributed by atoms with Gasteiger partial charge >= 0.3 is 0 Å². The van der Waals surface area contributed by atoms with E-state index in [-0.39, 0.29) is 5.82 Å². The summed E-state index contributed by atoms with van der Waals surface area (Å²) in [6.07, 6.45) is 0.558. The van der Waals surface area contributed by atoms with Crippen LogP contribution in [0.25, 0.3) is 0 Å². The molecule has 2 N–H and O–H groups in total. The zero-order valence-electron chi connectivity index (χ0n) is 9.84. The maximum atomic E-state index is 13.9. The van der Waals surface area contributed by atoms with Crippen LogP contribution in [0.5, 0.6) is 0 Å². The number of halogens is 4. The molecule has 0 saturated carbocycles. The quantitative estimate of drug-likeness (QED) is 0.692. The van der Waals surface area contributed by atoms with Crippen molar-refractivity contribution >= 4 is 43.5 Å². The van der Waals surface area contributed by atoms with E-state index in [4.69, 9.17) is 17.3 Å². The molecule has 5 heteroatoms. The van der Waals surface area contributed by atoms with Crippen LogP contribution in [0.1, 0.15) is 17.2 Å². The highest BCUT2D eigenvalue weighted by Gasteiger charge is 2.14. The van der Waals surface area contributed by atoms with E-state index in [1.165, 1.54) is 6.07 Å². The highest BCUT2D eigenvalue weighted by Crippen LogP contribution is 2.29. The Hall–Kier alpha value is -0.420. The first-order valence-corrected chi connectivity index (χ1v) is 7.58. The minimum Gasteiger partial charge on any atom is -0.324 e. The number of hydrogen-bond acceptors (Lipinski definition) is 1. The summed E-state index contributed by atoms with van der Waals surface area (Å²) in [5.41, 5.74) is 7.54. The van der Waals surface area contributed by atoms with Gasteiger partial charge in [-0.25, -0.2) is 4.39 Å². The first-order chi connectivity index (χ1) is 8.97. The van der Waals surface area contributed by atoms with Crippen molar-refractivity contribution in [1.29, 1.82) is 0 Å². The van der Waals surface area contributed by atoms with Crippen LogP contribution in [0.2, 0.25) is 5.02 Å². The lowest BCUT2D eigenvalue weighted by Gasteiger charge is -2.14. The molecule has 0 radical (unpaired) electrons. The molecule has 2 aromatic carbocycles. The summed E-state index contributed by atoms with van der Waals surface area (Å²) in [6.45, 7) is 0. The van der Waals surface area contributed by atoms with E-state index in [0.717, 1.165) is 10.0 Å². The molecule has 0 aromatic heterocycles. The van der Waals surface area contributed by atoms with Crippen molar-refractivity contribution in [2.75, 3.05) is 0 Å². The van der Waals surface area contributed by atoms with Gasteiger partial charge in [0.25, 0.3) is 0 Å². The lowest BCUT2D eigenvalue weighted by molar-refractivity contribution is 0.579. The lowest BCUT2D eigenvalue weighted by atomic mass is 9.99. The number of rotatable bonds is 3. The van der Waals surface area contributed by atoms with Gasteiger partial charge in [-0.3, -0.25) is 0 Å². The Morgan fingerprint density at radius 3 is 2.42 bits per heavy atom. The van der Waals surface area contributed by atoms with Gasteiger partial charge in [0.05, 0.1) is 5.02 Å². The molecule has 1 atom stereocenters. The minimum absolute atomic E-state index is 0.346. The van der Waals surface area contributed by atoms with Crippen LogP contribution in [-0.4, -0.2) is 0 Å². The molecule has 0 saturated heterocycles. The molecule has 100 valence electrons. The molecule has 19 heavy (non-hydrogen) atoms.